The van der Waals surface area contributed by atoms with Gasteiger partial charge in [-0.05, 0) is 20.3 Å². The Balaban J connectivity index is 4.52. The van der Waals surface area contributed by atoms with Crippen LogP contribution >= 0.6 is 0 Å². The molecule has 0 aromatic heterocycles. The van der Waals surface area contributed by atoms with Crippen molar-refractivity contribution in [1.29, 1.82) is 0 Å². The first-order valence-corrected chi connectivity index (χ1v) is 5.39. The fourth-order valence-corrected chi connectivity index (χ4v) is 0.980. The normalized spacial score (nSPS) is 14.9. The summed E-state index contributed by atoms with van der Waals surface area (Å²) in [5, 5.41) is 0. The molecule has 3 heteroatoms. The van der Waals surface area contributed by atoms with E-state index in [0.29, 0.717) is 0 Å². The molecule has 0 spiro atoms. The van der Waals surface area contributed by atoms with Crippen molar-refractivity contribution in [2.75, 3.05) is 7.11 Å². The number of hydrogen-bond donors (Lipinski definition) is 0. The molecule has 0 aliphatic rings. The Morgan fingerprint density at radius 2 is 1.67 bits per heavy atom. The molecule has 0 rings (SSSR count). The van der Waals surface area contributed by atoms with Gasteiger partial charge in [0, 0.05) is 12.5 Å². The van der Waals surface area contributed by atoms with Gasteiger partial charge in [0.05, 0.1) is 5.41 Å². The van der Waals surface area contributed by atoms with Gasteiger partial charge in [-0.1, -0.05) is 27.7 Å². The second kappa shape index (κ2) is 4.97. The molecule has 0 N–H and O–H groups in total. The van der Waals surface area contributed by atoms with Crippen molar-refractivity contribution < 1.29 is 14.3 Å². The van der Waals surface area contributed by atoms with E-state index in [-0.39, 0.29) is 11.4 Å². The van der Waals surface area contributed by atoms with E-state index in [0.717, 1.165) is 6.42 Å². The van der Waals surface area contributed by atoms with Crippen LogP contribution in [0.15, 0.2) is 0 Å². The van der Waals surface area contributed by atoms with Crippen LogP contribution in [0.1, 0.15) is 48.0 Å². The van der Waals surface area contributed by atoms with Crippen molar-refractivity contribution in [2.24, 2.45) is 10.8 Å². The van der Waals surface area contributed by atoms with Crippen LogP contribution < -0.4 is 0 Å². The van der Waals surface area contributed by atoms with E-state index in [1.165, 1.54) is 0 Å². The van der Waals surface area contributed by atoms with E-state index in [1.54, 1.807) is 7.11 Å². The molecule has 0 aromatic carbocycles. The summed E-state index contributed by atoms with van der Waals surface area (Å²) in [5.74, 6) is -0.202. The first-order valence-electron chi connectivity index (χ1n) is 5.39. The van der Waals surface area contributed by atoms with Gasteiger partial charge in [-0.25, -0.2) is 0 Å². The lowest BCUT2D eigenvalue weighted by atomic mass is 9.90. The van der Waals surface area contributed by atoms with Gasteiger partial charge in [0.25, 0.3) is 0 Å². The minimum absolute atomic E-state index is 0.200. The van der Waals surface area contributed by atoms with Crippen molar-refractivity contribution in [3.63, 3.8) is 0 Å². The molecule has 0 aliphatic carbocycles. The molecule has 0 heterocycles. The predicted octanol–water partition coefficient (Wildman–Crippen LogP) is 2.98. The summed E-state index contributed by atoms with van der Waals surface area (Å²) in [6.07, 6.45) is 0.266. The molecule has 3 nitrogen and oxygen atoms in total. The summed E-state index contributed by atoms with van der Waals surface area (Å²) < 4.78 is 10.5. The zero-order valence-electron chi connectivity index (χ0n) is 11.0. The Labute approximate surface area is 93.1 Å². The van der Waals surface area contributed by atoms with Crippen molar-refractivity contribution >= 4 is 5.97 Å². The maximum absolute atomic E-state index is 11.8. The van der Waals surface area contributed by atoms with Crippen LogP contribution in [0.4, 0.5) is 0 Å². The number of rotatable bonds is 4. The van der Waals surface area contributed by atoms with Gasteiger partial charge in [0.1, 0.15) is 0 Å². The molecule has 0 bridgehead atoms. The van der Waals surface area contributed by atoms with Crippen LogP contribution in [-0.4, -0.2) is 19.4 Å². The highest BCUT2D eigenvalue weighted by Crippen LogP contribution is 2.28. The highest BCUT2D eigenvalue weighted by Gasteiger charge is 2.34. The lowest BCUT2D eigenvalue weighted by molar-refractivity contribution is -0.204. The third kappa shape index (κ3) is 4.20. The molecule has 0 fully saturated rings. The molecule has 1 unspecified atom stereocenters. The van der Waals surface area contributed by atoms with Crippen LogP contribution in [0.25, 0.3) is 0 Å². The average Bonchev–Trinajstić information content (AvgIpc) is 2.11. The van der Waals surface area contributed by atoms with E-state index in [9.17, 15) is 4.79 Å². The van der Waals surface area contributed by atoms with E-state index in [1.807, 2.05) is 41.5 Å². The van der Waals surface area contributed by atoms with Crippen molar-refractivity contribution in [1.82, 2.24) is 0 Å². The molecular formula is C12H24O3. The number of carbonyl (C=O) groups excluding carboxylic acids is 1. The highest BCUT2D eigenvalue weighted by atomic mass is 16.7. The summed E-state index contributed by atoms with van der Waals surface area (Å²) in [7, 11) is 1.56. The molecule has 1 atom stereocenters. The summed E-state index contributed by atoms with van der Waals surface area (Å²) in [4.78, 5) is 11.8. The maximum atomic E-state index is 11.8. The Kier molecular flexibility index (Phi) is 4.78. The molecule has 15 heavy (non-hydrogen) atoms. The summed E-state index contributed by atoms with van der Waals surface area (Å²) >= 11 is 0. The molecule has 0 aromatic rings. The minimum atomic E-state index is -0.490. The molecule has 90 valence electrons. The maximum Gasteiger partial charge on any atom is 0.313 e. The SMILES string of the molecule is CCC(C)(C)C(=O)OC(OC)C(C)(C)C. The predicted molar refractivity (Wildman–Crippen MR) is 60.4 cm³/mol. The van der Waals surface area contributed by atoms with Gasteiger partial charge in [0.15, 0.2) is 0 Å². The molecule has 0 aliphatic heterocycles. The third-order valence-electron chi connectivity index (χ3n) is 2.57. The fourth-order valence-electron chi connectivity index (χ4n) is 0.980. The molecule has 0 radical (unpaired) electrons. The highest BCUT2D eigenvalue weighted by molar-refractivity contribution is 5.75. The van der Waals surface area contributed by atoms with Gasteiger partial charge >= 0.3 is 5.97 Å². The Hall–Kier alpha value is -0.570. The average molecular weight is 216 g/mol. The Morgan fingerprint density at radius 1 is 1.20 bits per heavy atom. The van der Waals surface area contributed by atoms with Gasteiger partial charge < -0.3 is 9.47 Å². The minimum Gasteiger partial charge on any atom is -0.435 e. The first kappa shape index (κ1) is 14.4. The zero-order valence-corrected chi connectivity index (χ0v) is 11.0. The smallest absolute Gasteiger partial charge is 0.313 e. The van der Waals surface area contributed by atoms with Crippen molar-refractivity contribution in [3.05, 3.63) is 0 Å². The number of hydrogen-bond acceptors (Lipinski definition) is 3. The van der Waals surface area contributed by atoms with Crippen LogP contribution in [-0.2, 0) is 14.3 Å². The van der Waals surface area contributed by atoms with Crippen LogP contribution in [0.5, 0.6) is 0 Å². The van der Waals surface area contributed by atoms with Crippen LogP contribution in [0.2, 0.25) is 0 Å². The molecule has 0 saturated heterocycles. The van der Waals surface area contributed by atoms with Gasteiger partial charge in [-0.3, -0.25) is 4.79 Å². The first-order chi connectivity index (χ1) is 6.65. The third-order valence-corrected chi connectivity index (χ3v) is 2.57. The largest absolute Gasteiger partial charge is 0.435 e. The number of carbonyl (C=O) groups is 1. The monoisotopic (exact) mass is 216 g/mol. The second-order valence-corrected chi connectivity index (χ2v) is 5.58. The van der Waals surface area contributed by atoms with Gasteiger partial charge in [-0.2, -0.15) is 0 Å². The topological polar surface area (TPSA) is 35.5 Å². The van der Waals surface area contributed by atoms with Gasteiger partial charge in [-0.15, -0.1) is 0 Å². The summed E-state index contributed by atoms with van der Waals surface area (Å²) in [6, 6.07) is 0. The van der Waals surface area contributed by atoms with Crippen LogP contribution in [0, 0.1) is 10.8 Å². The van der Waals surface area contributed by atoms with Gasteiger partial charge in [0.2, 0.25) is 6.29 Å². The Bertz CT molecular complexity index is 213. The fraction of sp³-hybridized carbons (Fsp3) is 0.917. The number of methoxy groups -OCH3 is 1. The van der Waals surface area contributed by atoms with E-state index < -0.39 is 11.7 Å². The molecule has 0 amide bonds. The van der Waals surface area contributed by atoms with E-state index in [4.69, 9.17) is 9.47 Å². The Morgan fingerprint density at radius 3 is 1.93 bits per heavy atom. The molecule has 0 saturated carbocycles. The summed E-state index contributed by atoms with van der Waals surface area (Å²) in [6.45, 7) is 11.7. The lowest BCUT2D eigenvalue weighted by Gasteiger charge is -2.31. The van der Waals surface area contributed by atoms with Crippen molar-refractivity contribution in [2.45, 2.75) is 54.3 Å². The number of ether oxygens (including phenoxy) is 2. The second-order valence-electron chi connectivity index (χ2n) is 5.58. The zero-order chi connectivity index (χ0) is 12.3. The van der Waals surface area contributed by atoms with E-state index >= 15 is 0 Å². The lowest BCUT2D eigenvalue weighted by Crippen LogP contribution is -2.37. The quantitative estimate of drug-likeness (QED) is 0.535. The summed E-state index contributed by atoms with van der Waals surface area (Å²) in [5.41, 5.74) is -0.643. The molecular weight excluding hydrogens is 192 g/mol. The van der Waals surface area contributed by atoms with Crippen molar-refractivity contribution in [3.8, 4) is 0 Å². The van der Waals surface area contributed by atoms with E-state index in [2.05, 4.69) is 0 Å². The number of esters is 1. The van der Waals surface area contributed by atoms with Crippen LogP contribution in [0.3, 0.4) is 0 Å². The standard InChI is InChI=1S/C12H24O3/c1-8-12(5,6)9(13)15-10(14-7)11(2,3)4/h10H,8H2,1-7H3.